The van der Waals surface area contributed by atoms with Gasteiger partial charge in [-0.2, -0.15) is 0 Å². The van der Waals surface area contributed by atoms with Crippen molar-refractivity contribution in [3.8, 4) is 0 Å². The summed E-state index contributed by atoms with van der Waals surface area (Å²) < 4.78 is 10.4. The number of ether oxygens (including phenoxy) is 2. The third kappa shape index (κ3) is 5.66. The van der Waals surface area contributed by atoms with E-state index in [-0.39, 0.29) is 5.91 Å². The van der Waals surface area contributed by atoms with Gasteiger partial charge in [-0.1, -0.05) is 44.2 Å². The summed E-state index contributed by atoms with van der Waals surface area (Å²) in [4.78, 5) is 24.7. The van der Waals surface area contributed by atoms with Crippen LogP contribution in [0.3, 0.4) is 0 Å². The minimum Gasteiger partial charge on any atom is -0.449 e. The van der Waals surface area contributed by atoms with E-state index < -0.39 is 12.1 Å². The van der Waals surface area contributed by atoms with Gasteiger partial charge in [0, 0.05) is 12.8 Å². The van der Waals surface area contributed by atoms with Crippen LogP contribution >= 0.6 is 0 Å². The number of carbonyl (C=O) groups excluding carboxylic acids is 2. The number of hydrogen-bond donors (Lipinski definition) is 1. The number of anilines is 1. The molecule has 2 rings (SSSR count). The first kappa shape index (κ1) is 20.6. The van der Waals surface area contributed by atoms with Gasteiger partial charge in [-0.05, 0) is 48.6 Å². The highest BCUT2D eigenvalue weighted by Crippen LogP contribution is 2.26. The number of methoxy groups -OCH3 is 1. The summed E-state index contributed by atoms with van der Waals surface area (Å²) in [6.45, 7) is 6.26. The second-order valence-corrected chi connectivity index (χ2v) is 6.56. The first-order chi connectivity index (χ1) is 13.0. The normalized spacial score (nSPS) is 12.9. The van der Waals surface area contributed by atoms with Gasteiger partial charge in [0.25, 0.3) is 5.91 Å². The number of benzene rings is 2. The summed E-state index contributed by atoms with van der Waals surface area (Å²) in [6.07, 6.45) is 0.0670. The molecule has 2 aromatic carbocycles. The van der Waals surface area contributed by atoms with Gasteiger partial charge in [0.05, 0.1) is 12.2 Å². The maximum Gasteiger partial charge on any atom is 0.338 e. The number of esters is 1. The maximum atomic E-state index is 12.5. The minimum atomic E-state index is -0.902. The zero-order chi connectivity index (χ0) is 19.8. The zero-order valence-electron chi connectivity index (χ0n) is 16.3. The van der Waals surface area contributed by atoms with Gasteiger partial charge >= 0.3 is 5.97 Å². The van der Waals surface area contributed by atoms with Crippen LogP contribution in [0.5, 0.6) is 0 Å². The van der Waals surface area contributed by atoms with Gasteiger partial charge in [0.1, 0.15) is 0 Å². The quantitative estimate of drug-likeness (QED) is 0.694. The molecule has 0 bridgehead atoms. The maximum absolute atomic E-state index is 12.5. The standard InChI is InChI=1S/C22H27NO4/c1-5-15(2)19-8-6-7-9-20(19)23-21(24)16(3)27-22(25)18-12-10-17(11-13-18)14-26-4/h6-13,15-16H,5,14H2,1-4H3,(H,23,24)/t15-,16-/m0/s1. The molecule has 27 heavy (non-hydrogen) atoms. The molecule has 0 spiro atoms. The lowest BCUT2D eigenvalue weighted by Gasteiger charge is -2.18. The Hall–Kier alpha value is -2.66. The van der Waals surface area contributed by atoms with Crippen molar-refractivity contribution < 1.29 is 19.1 Å². The van der Waals surface area contributed by atoms with Crippen LogP contribution in [-0.4, -0.2) is 25.1 Å². The monoisotopic (exact) mass is 369 g/mol. The van der Waals surface area contributed by atoms with Crippen LogP contribution in [-0.2, 0) is 20.9 Å². The molecule has 0 heterocycles. The number of para-hydroxylation sites is 1. The first-order valence-electron chi connectivity index (χ1n) is 9.14. The van der Waals surface area contributed by atoms with E-state index in [9.17, 15) is 9.59 Å². The van der Waals surface area contributed by atoms with Crippen molar-refractivity contribution in [3.05, 3.63) is 65.2 Å². The van der Waals surface area contributed by atoms with E-state index in [1.54, 1.807) is 38.3 Å². The van der Waals surface area contributed by atoms with Gasteiger partial charge in [-0.15, -0.1) is 0 Å². The Bertz CT molecular complexity index is 770. The van der Waals surface area contributed by atoms with Crippen LogP contribution in [0.15, 0.2) is 48.5 Å². The summed E-state index contributed by atoms with van der Waals surface area (Å²) in [6, 6.07) is 14.6. The molecule has 2 aromatic rings. The highest BCUT2D eigenvalue weighted by Gasteiger charge is 2.20. The lowest BCUT2D eigenvalue weighted by Crippen LogP contribution is -2.30. The van der Waals surface area contributed by atoms with Crippen molar-refractivity contribution in [3.63, 3.8) is 0 Å². The Morgan fingerprint density at radius 1 is 1.04 bits per heavy atom. The summed E-state index contributed by atoms with van der Waals surface area (Å²) >= 11 is 0. The fourth-order valence-corrected chi connectivity index (χ4v) is 2.68. The fourth-order valence-electron chi connectivity index (χ4n) is 2.68. The van der Waals surface area contributed by atoms with Crippen molar-refractivity contribution in [2.45, 2.75) is 45.8 Å². The Morgan fingerprint density at radius 3 is 2.33 bits per heavy atom. The molecule has 144 valence electrons. The summed E-state index contributed by atoms with van der Waals surface area (Å²) in [5.74, 6) is -0.558. The van der Waals surface area contributed by atoms with Gasteiger partial charge in [-0.3, -0.25) is 4.79 Å². The third-order valence-electron chi connectivity index (χ3n) is 4.52. The van der Waals surface area contributed by atoms with Crippen molar-refractivity contribution in [2.24, 2.45) is 0 Å². The molecule has 0 aliphatic heterocycles. The average Bonchev–Trinajstić information content (AvgIpc) is 2.68. The Morgan fingerprint density at radius 2 is 1.70 bits per heavy atom. The molecule has 0 unspecified atom stereocenters. The van der Waals surface area contributed by atoms with E-state index in [0.717, 1.165) is 23.2 Å². The van der Waals surface area contributed by atoms with E-state index >= 15 is 0 Å². The SMILES string of the molecule is CC[C@H](C)c1ccccc1NC(=O)[C@H](C)OC(=O)c1ccc(COC)cc1. The predicted molar refractivity (Wildman–Crippen MR) is 106 cm³/mol. The Labute approximate surface area is 160 Å². The van der Waals surface area contributed by atoms with Crippen molar-refractivity contribution in [2.75, 3.05) is 12.4 Å². The van der Waals surface area contributed by atoms with Crippen molar-refractivity contribution in [1.29, 1.82) is 0 Å². The van der Waals surface area contributed by atoms with Gasteiger partial charge in [-0.25, -0.2) is 4.79 Å². The molecule has 1 N–H and O–H groups in total. The smallest absolute Gasteiger partial charge is 0.338 e. The molecule has 0 radical (unpaired) electrons. The fraction of sp³-hybridized carbons (Fsp3) is 0.364. The number of amides is 1. The van der Waals surface area contributed by atoms with Crippen LogP contribution < -0.4 is 5.32 Å². The number of rotatable bonds is 8. The second-order valence-electron chi connectivity index (χ2n) is 6.56. The van der Waals surface area contributed by atoms with Crippen LogP contribution in [0.4, 0.5) is 5.69 Å². The summed E-state index contributed by atoms with van der Waals surface area (Å²) in [5, 5.41) is 2.88. The third-order valence-corrected chi connectivity index (χ3v) is 4.52. The Kier molecular flexibility index (Phi) is 7.55. The Balaban J connectivity index is 2.00. The van der Waals surface area contributed by atoms with Crippen LogP contribution in [0, 0.1) is 0 Å². The number of nitrogens with one attached hydrogen (secondary N) is 1. The molecule has 2 atom stereocenters. The number of carbonyl (C=O) groups is 2. The van der Waals surface area contributed by atoms with Crippen LogP contribution in [0.1, 0.15) is 54.6 Å². The zero-order valence-corrected chi connectivity index (χ0v) is 16.3. The highest BCUT2D eigenvalue weighted by atomic mass is 16.5. The number of hydrogen-bond acceptors (Lipinski definition) is 4. The second kappa shape index (κ2) is 9.88. The lowest BCUT2D eigenvalue weighted by atomic mass is 9.97. The molecular formula is C22H27NO4. The molecule has 5 heteroatoms. The molecular weight excluding hydrogens is 342 g/mol. The molecule has 0 aromatic heterocycles. The van der Waals surface area contributed by atoms with Gasteiger partial charge < -0.3 is 14.8 Å². The predicted octanol–water partition coefficient (Wildman–Crippen LogP) is 4.53. The molecule has 0 fully saturated rings. The summed E-state index contributed by atoms with van der Waals surface area (Å²) in [7, 11) is 1.61. The molecule has 0 saturated carbocycles. The van der Waals surface area contributed by atoms with Crippen molar-refractivity contribution >= 4 is 17.6 Å². The molecule has 0 aliphatic carbocycles. The molecule has 5 nitrogen and oxygen atoms in total. The first-order valence-corrected chi connectivity index (χ1v) is 9.14. The van der Waals surface area contributed by atoms with E-state index in [0.29, 0.717) is 18.1 Å². The van der Waals surface area contributed by atoms with E-state index in [2.05, 4.69) is 19.2 Å². The van der Waals surface area contributed by atoms with E-state index in [1.165, 1.54) is 0 Å². The van der Waals surface area contributed by atoms with Crippen molar-refractivity contribution in [1.82, 2.24) is 0 Å². The van der Waals surface area contributed by atoms with Gasteiger partial charge in [0.2, 0.25) is 0 Å². The van der Waals surface area contributed by atoms with Gasteiger partial charge in [0.15, 0.2) is 6.10 Å². The topological polar surface area (TPSA) is 64.6 Å². The molecule has 0 saturated heterocycles. The van der Waals surface area contributed by atoms with E-state index in [4.69, 9.17) is 9.47 Å². The molecule has 1 amide bonds. The largest absolute Gasteiger partial charge is 0.449 e. The summed E-state index contributed by atoms with van der Waals surface area (Å²) in [5.41, 5.74) is 3.18. The van der Waals surface area contributed by atoms with Crippen LogP contribution in [0.25, 0.3) is 0 Å². The minimum absolute atomic E-state index is 0.324. The van der Waals surface area contributed by atoms with Crippen LogP contribution in [0.2, 0.25) is 0 Å². The average molecular weight is 369 g/mol. The molecule has 0 aliphatic rings. The highest BCUT2D eigenvalue weighted by molar-refractivity contribution is 5.97. The lowest BCUT2D eigenvalue weighted by molar-refractivity contribution is -0.123. The van der Waals surface area contributed by atoms with E-state index in [1.807, 2.05) is 24.3 Å².